The molecule has 0 radical (unpaired) electrons. The largest absolute Gasteiger partial charge is 0.480 e. The molecular formula is C14H20N2O4. The molecule has 0 heterocycles. The zero-order valence-corrected chi connectivity index (χ0v) is 11.4. The van der Waals surface area contributed by atoms with Crippen molar-refractivity contribution >= 4 is 11.9 Å². The van der Waals surface area contributed by atoms with Gasteiger partial charge in [0, 0.05) is 13.7 Å². The zero-order chi connectivity index (χ0) is 15.0. The van der Waals surface area contributed by atoms with E-state index in [1.807, 2.05) is 30.3 Å². The number of carbonyl (C=O) groups is 2. The summed E-state index contributed by atoms with van der Waals surface area (Å²) in [6.45, 7) is 0.00730. The van der Waals surface area contributed by atoms with Gasteiger partial charge in [-0.05, 0) is 18.4 Å². The number of carboxylic acid groups (broad SMARTS) is 1. The Morgan fingerprint density at radius 3 is 2.50 bits per heavy atom. The fraction of sp³-hybridized carbons (Fsp3) is 0.429. The first-order valence-corrected chi connectivity index (χ1v) is 6.38. The molecule has 1 rings (SSSR count). The minimum atomic E-state index is -1.07. The molecule has 2 atom stereocenters. The number of rotatable bonds is 8. The number of carbonyl (C=O) groups excluding carboxylic acids is 1. The predicted octanol–water partition coefficient (Wildman–Crippen LogP) is 0.162. The van der Waals surface area contributed by atoms with Crippen molar-refractivity contribution in [3.05, 3.63) is 35.9 Å². The molecule has 1 amide bonds. The van der Waals surface area contributed by atoms with E-state index in [9.17, 15) is 9.59 Å². The van der Waals surface area contributed by atoms with Crippen LogP contribution in [-0.4, -0.2) is 42.8 Å². The number of carboxylic acids is 1. The summed E-state index contributed by atoms with van der Waals surface area (Å²) in [6, 6.07) is 8.55. The van der Waals surface area contributed by atoms with Crippen LogP contribution in [0, 0.1) is 0 Å². The van der Waals surface area contributed by atoms with Crippen LogP contribution in [0.1, 0.15) is 12.0 Å². The minimum absolute atomic E-state index is 0.00730. The number of methoxy groups -OCH3 is 1. The Balaban J connectivity index is 2.57. The molecule has 6 nitrogen and oxygen atoms in total. The molecular weight excluding hydrogens is 260 g/mol. The monoisotopic (exact) mass is 280 g/mol. The Kier molecular flexibility index (Phi) is 6.69. The summed E-state index contributed by atoms with van der Waals surface area (Å²) in [5, 5.41) is 11.6. The molecule has 4 N–H and O–H groups in total. The maximum Gasteiger partial charge on any atom is 0.326 e. The first-order valence-electron chi connectivity index (χ1n) is 6.38. The van der Waals surface area contributed by atoms with E-state index in [4.69, 9.17) is 15.6 Å². The molecule has 110 valence electrons. The average Bonchev–Trinajstić information content (AvgIpc) is 2.45. The van der Waals surface area contributed by atoms with Gasteiger partial charge in [0.2, 0.25) is 0 Å². The number of benzene rings is 1. The number of aliphatic carboxylic acids is 1. The molecule has 0 fully saturated rings. The number of hydrogen-bond acceptors (Lipinski definition) is 4. The maximum atomic E-state index is 11.8. The Hall–Kier alpha value is -1.92. The first-order chi connectivity index (χ1) is 9.58. The smallest absolute Gasteiger partial charge is 0.326 e. The molecule has 0 bridgehead atoms. The van der Waals surface area contributed by atoms with Gasteiger partial charge in [-0.1, -0.05) is 30.3 Å². The van der Waals surface area contributed by atoms with Crippen LogP contribution in [0.25, 0.3) is 0 Å². The second kappa shape index (κ2) is 8.29. The van der Waals surface area contributed by atoms with Gasteiger partial charge >= 0.3 is 5.97 Å². The van der Waals surface area contributed by atoms with Gasteiger partial charge in [0.1, 0.15) is 12.1 Å². The molecule has 1 aromatic rings. The summed E-state index contributed by atoms with van der Waals surface area (Å²) in [5.74, 6) is -1.57. The molecule has 2 unspecified atom stereocenters. The van der Waals surface area contributed by atoms with Crippen LogP contribution in [0.2, 0.25) is 0 Å². The van der Waals surface area contributed by atoms with Gasteiger partial charge in [-0.25, -0.2) is 4.79 Å². The lowest BCUT2D eigenvalue weighted by molar-refractivity contribution is -0.143. The van der Waals surface area contributed by atoms with Crippen molar-refractivity contribution in [3.8, 4) is 0 Å². The highest BCUT2D eigenvalue weighted by molar-refractivity contribution is 5.86. The van der Waals surface area contributed by atoms with Gasteiger partial charge in [0.25, 0.3) is 5.91 Å². The number of amides is 1. The summed E-state index contributed by atoms with van der Waals surface area (Å²) in [5.41, 5.74) is 6.39. The highest BCUT2D eigenvalue weighted by atomic mass is 16.5. The van der Waals surface area contributed by atoms with Gasteiger partial charge < -0.3 is 20.9 Å². The lowest BCUT2D eigenvalue weighted by Crippen LogP contribution is -2.48. The summed E-state index contributed by atoms with van der Waals surface area (Å²) >= 11 is 0. The van der Waals surface area contributed by atoms with Gasteiger partial charge in [0.15, 0.2) is 0 Å². The zero-order valence-electron chi connectivity index (χ0n) is 11.4. The Morgan fingerprint density at radius 2 is 2.00 bits per heavy atom. The summed E-state index contributed by atoms with van der Waals surface area (Å²) in [4.78, 5) is 22.9. The van der Waals surface area contributed by atoms with E-state index in [1.54, 1.807) is 0 Å². The van der Waals surface area contributed by atoms with Crippen LogP contribution in [-0.2, 0) is 20.7 Å². The number of nitrogens with one attached hydrogen (secondary N) is 1. The number of ether oxygens (including phenoxy) is 1. The average molecular weight is 280 g/mol. The standard InChI is InChI=1S/C14H20N2O4/c1-20-12(9-15)13(17)16-11(14(18)19)8-7-10-5-3-2-4-6-10/h2-6,11-12H,7-9,15H2,1H3,(H,16,17)(H,18,19). The molecule has 0 spiro atoms. The molecule has 0 saturated carbocycles. The summed E-state index contributed by atoms with van der Waals surface area (Å²) in [7, 11) is 1.36. The van der Waals surface area contributed by atoms with Crippen molar-refractivity contribution in [3.63, 3.8) is 0 Å². The van der Waals surface area contributed by atoms with Crippen LogP contribution in [0.15, 0.2) is 30.3 Å². The molecule has 20 heavy (non-hydrogen) atoms. The van der Waals surface area contributed by atoms with Crippen molar-refractivity contribution in [2.24, 2.45) is 5.73 Å². The van der Waals surface area contributed by atoms with Gasteiger partial charge in [-0.3, -0.25) is 4.79 Å². The third-order valence-corrected chi connectivity index (χ3v) is 2.97. The van der Waals surface area contributed by atoms with Crippen molar-refractivity contribution in [1.82, 2.24) is 5.32 Å². The van der Waals surface area contributed by atoms with Crippen molar-refractivity contribution < 1.29 is 19.4 Å². The van der Waals surface area contributed by atoms with Crippen LogP contribution < -0.4 is 11.1 Å². The molecule has 0 aliphatic carbocycles. The highest BCUT2D eigenvalue weighted by Gasteiger charge is 2.24. The molecule has 0 aliphatic heterocycles. The van der Waals surface area contributed by atoms with Crippen molar-refractivity contribution in [2.45, 2.75) is 25.0 Å². The number of aryl methyl sites for hydroxylation is 1. The van der Waals surface area contributed by atoms with Gasteiger partial charge in [0.05, 0.1) is 0 Å². The van der Waals surface area contributed by atoms with Gasteiger partial charge in [-0.15, -0.1) is 0 Å². The minimum Gasteiger partial charge on any atom is -0.480 e. The van der Waals surface area contributed by atoms with E-state index in [2.05, 4.69) is 5.32 Å². The van der Waals surface area contributed by atoms with Crippen LogP contribution in [0.4, 0.5) is 0 Å². The summed E-state index contributed by atoms with van der Waals surface area (Å²) < 4.78 is 4.87. The topological polar surface area (TPSA) is 102 Å². The van der Waals surface area contributed by atoms with Crippen LogP contribution >= 0.6 is 0 Å². The second-order valence-electron chi connectivity index (χ2n) is 4.38. The van der Waals surface area contributed by atoms with E-state index in [0.29, 0.717) is 12.8 Å². The molecule has 0 saturated heterocycles. The summed E-state index contributed by atoms with van der Waals surface area (Å²) in [6.07, 6.45) is 0.0540. The van der Waals surface area contributed by atoms with Crippen molar-refractivity contribution in [2.75, 3.05) is 13.7 Å². The van der Waals surface area contributed by atoms with Crippen molar-refractivity contribution in [1.29, 1.82) is 0 Å². The lowest BCUT2D eigenvalue weighted by atomic mass is 10.1. The fourth-order valence-electron chi connectivity index (χ4n) is 1.79. The normalized spacial score (nSPS) is 13.5. The molecule has 6 heteroatoms. The molecule has 0 aromatic heterocycles. The fourth-order valence-corrected chi connectivity index (χ4v) is 1.79. The SMILES string of the molecule is COC(CN)C(=O)NC(CCc1ccccc1)C(=O)O. The number of hydrogen-bond donors (Lipinski definition) is 3. The highest BCUT2D eigenvalue weighted by Crippen LogP contribution is 2.06. The van der Waals surface area contributed by atoms with Gasteiger partial charge in [-0.2, -0.15) is 0 Å². The van der Waals surface area contributed by atoms with E-state index in [1.165, 1.54) is 7.11 Å². The predicted molar refractivity (Wildman–Crippen MR) is 74.2 cm³/mol. The quantitative estimate of drug-likeness (QED) is 0.629. The molecule has 0 aliphatic rings. The first kappa shape index (κ1) is 16.1. The third kappa shape index (κ3) is 4.99. The molecule has 1 aromatic carbocycles. The Morgan fingerprint density at radius 1 is 1.35 bits per heavy atom. The third-order valence-electron chi connectivity index (χ3n) is 2.97. The van der Waals surface area contributed by atoms with E-state index in [-0.39, 0.29) is 6.54 Å². The van der Waals surface area contributed by atoms with E-state index < -0.39 is 24.0 Å². The Labute approximate surface area is 117 Å². The lowest BCUT2D eigenvalue weighted by Gasteiger charge is -2.18. The number of nitrogens with two attached hydrogens (primary N) is 1. The van der Waals surface area contributed by atoms with E-state index >= 15 is 0 Å². The Bertz CT molecular complexity index is 432. The van der Waals surface area contributed by atoms with E-state index in [0.717, 1.165) is 5.56 Å². The van der Waals surface area contributed by atoms with Crippen LogP contribution in [0.3, 0.4) is 0 Å². The second-order valence-corrected chi connectivity index (χ2v) is 4.38. The maximum absolute atomic E-state index is 11.8. The van der Waals surface area contributed by atoms with Crippen LogP contribution in [0.5, 0.6) is 0 Å².